The Labute approximate surface area is 117 Å². The highest BCUT2D eigenvalue weighted by Gasteiger charge is 2.20. The van der Waals surface area contributed by atoms with Crippen molar-refractivity contribution >= 4 is 21.8 Å². The van der Waals surface area contributed by atoms with Crippen LogP contribution in [0.4, 0.5) is 0 Å². The molecule has 0 aliphatic heterocycles. The largest absolute Gasteiger partial charge is 0.383 e. The van der Waals surface area contributed by atoms with Gasteiger partial charge in [0, 0.05) is 29.7 Å². The van der Waals surface area contributed by atoms with E-state index in [1.807, 2.05) is 43.9 Å². The number of carbonyl (C=O) groups excluding carboxylic acids is 1. The molecule has 0 heterocycles. The lowest BCUT2D eigenvalue weighted by Gasteiger charge is -2.27. The predicted octanol–water partition coefficient (Wildman–Crippen LogP) is 3.25. The molecule has 3 nitrogen and oxygen atoms in total. The van der Waals surface area contributed by atoms with Crippen LogP contribution in [0.1, 0.15) is 29.8 Å². The van der Waals surface area contributed by atoms with Gasteiger partial charge in [0.15, 0.2) is 0 Å². The van der Waals surface area contributed by atoms with Crippen LogP contribution in [-0.2, 0) is 4.74 Å². The van der Waals surface area contributed by atoms with E-state index >= 15 is 0 Å². The van der Waals surface area contributed by atoms with Crippen LogP contribution in [0, 0.1) is 6.92 Å². The van der Waals surface area contributed by atoms with Crippen molar-refractivity contribution in [3.05, 3.63) is 33.8 Å². The number of amides is 1. The molecule has 0 aliphatic rings. The van der Waals surface area contributed by atoms with E-state index in [2.05, 4.69) is 15.9 Å². The summed E-state index contributed by atoms with van der Waals surface area (Å²) in [4.78, 5) is 14.3. The van der Waals surface area contributed by atoms with E-state index < -0.39 is 0 Å². The van der Waals surface area contributed by atoms with Crippen LogP contribution in [0.15, 0.2) is 22.7 Å². The van der Waals surface area contributed by atoms with Crippen LogP contribution < -0.4 is 0 Å². The molecule has 1 aromatic carbocycles. The molecule has 0 atom stereocenters. The summed E-state index contributed by atoms with van der Waals surface area (Å²) in [6.45, 7) is 7.15. The van der Waals surface area contributed by atoms with Crippen molar-refractivity contribution in [2.24, 2.45) is 0 Å². The van der Waals surface area contributed by atoms with E-state index in [1.165, 1.54) is 0 Å². The molecule has 0 radical (unpaired) electrons. The van der Waals surface area contributed by atoms with E-state index in [-0.39, 0.29) is 11.9 Å². The Morgan fingerprint density at radius 1 is 1.44 bits per heavy atom. The average Bonchev–Trinajstić information content (AvgIpc) is 2.32. The number of carbonyl (C=O) groups is 1. The first-order valence-corrected chi connectivity index (χ1v) is 6.82. The third kappa shape index (κ3) is 3.82. The highest BCUT2D eigenvalue weighted by molar-refractivity contribution is 9.10. The maximum absolute atomic E-state index is 12.5. The number of nitrogens with zero attached hydrogens (tertiary/aromatic N) is 1. The highest BCUT2D eigenvalue weighted by atomic mass is 79.9. The lowest BCUT2D eigenvalue weighted by atomic mass is 10.1. The predicted molar refractivity (Wildman–Crippen MR) is 76.9 cm³/mol. The van der Waals surface area contributed by atoms with Gasteiger partial charge in [-0.2, -0.15) is 0 Å². The third-order valence-electron chi connectivity index (χ3n) is 2.85. The van der Waals surface area contributed by atoms with Gasteiger partial charge >= 0.3 is 0 Å². The van der Waals surface area contributed by atoms with Crippen molar-refractivity contribution in [3.8, 4) is 0 Å². The van der Waals surface area contributed by atoms with Crippen LogP contribution in [0.25, 0.3) is 0 Å². The van der Waals surface area contributed by atoms with E-state index in [4.69, 9.17) is 4.74 Å². The first-order chi connectivity index (χ1) is 8.47. The fraction of sp³-hybridized carbons (Fsp3) is 0.500. The van der Waals surface area contributed by atoms with Crippen LogP contribution in [0.2, 0.25) is 0 Å². The average molecular weight is 314 g/mol. The quantitative estimate of drug-likeness (QED) is 0.835. The van der Waals surface area contributed by atoms with Gasteiger partial charge in [0.25, 0.3) is 5.91 Å². The molecule has 1 amide bonds. The smallest absolute Gasteiger partial charge is 0.254 e. The highest BCUT2D eigenvalue weighted by Crippen LogP contribution is 2.18. The summed E-state index contributed by atoms with van der Waals surface area (Å²) in [6.07, 6.45) is 0. The number of methoxy groups -OCH3 is 1. The van der Waals surface area contributed by atoms with Crippen LogP contribution in [-0.4, -0.2) is 37.1 Å². The number of hydrogen-bond donors (Lipinski definition) is 0. The second-order valence-electron chi connectivity index (χ2n) is 4.54. The molecule has 100 valence electrons. The summed E-state index contributed by atoms with van der Waals surface area (Å²) >= 11 is 3.41. The van der Waals surface area contributed by atoms with Gasteiger partial charge in [0.05, 0.1) is 6.61 Å². The molecule has 0 saturated heterocycles. The minimum Gasteiger partial charge on any atom is -0.383 e. The van der Waals surface area contributed by atoms with E-state index in [1.54, 1.807) is 7.11 Å². The normalized spacial score (nSPS) is 10.8. The zero-order valence-corrected chi connectivity index (χ0v) is 13.0. The molecular weight excluding hydrogens is 294 g/mol. The lowest BCUT2D eigenvalue weighted by Crippen LogP contribution is -2.39. The topological polar surface area (TPSA) is 29.5 Å². The number of aryl methyl sites for hydroxylation is 1. The molecule has 0 spiro atoms. The number of halogens is 1. The molecule has 0 N–H and O–H groups in total. The summed E-state index contributed by atoms with van der Waals surface area (Å²) in [5.74, 6) is 0.0563. The van der Waals surface area contributed by atoms with E-state index in [9.17, 15) is 4.79 Å². The summed E-state index contributed by atoms with van der Waals surface area (Å²) in [6, 6.07) is 5.93. The van der Waals surface area contributed by atoms with Crippen LogP contribution in [0.3, 0.4) is 0 Å². The van der Waals surface area contributed by atoms with Crippen LogP contribution in [0.5, 0.6) is 0 Å². The van der Waals surface area contributed by atoms with Crippen molar-refractivity contribution < 1.29 is 9.53 Å². The van der Waals surface area contributed by atoms with Crippen molar-refractivity contribution in [3.63, 3.8) is 0 Å². The molecule has 1 rings (SSSR count). The fourth-order valence-electron chi connectivity index (χ4n) is 1.76. The van der Waals surface area contributed by atoms with Gasteiger partial charge in [0.1, 0.15) is 0 Å². The summed E-state index contributed by atoms with van der Waals surface area (Å²) in [5.41, 5.74) is 1.74. The van der Waals surface area contributed by atoms with Gasteiger partial charge in [-0.15, -0.1) is 0 Å². The maximum Gasteiger partial charge on any atom is 0.254 e. The van der Waals surface area contributed by atoms with Crippen molar-refractivity contribution in [2.45, 2.75) is 26.8 Å². The number of benzene rings is 1. The number of ether oxygens (including phenoxy) is 1. The van der Waals surface area contributed by atoms with Gasteiger partial charge < -0.3 is 9.64 Å². The van der Waals surface area contributed by atoms with E-state index in [0.29, 0.717) is 13.2 Å². The fourth-order valence-corrected chi connectivity index (χ4v) is 2.12. The Morgan fingerprint density at radius 2 is 2.11 bits per heavy atom. The zero-order chi connectivity index (χ0) is 13.7. The Balaban J connectivity index is 2.98. The van der Waals surface area contributed by atoms with Gasteiger partial charge in [-0.3, -0.25) is 4.79 Å². The Bertz CT molecular complexity index is 418. The zero-order valence-electron chi connectivity index (χ0n) is 11.4. The number of rotatable bonds is 5. The Kier molecular flexibility index (Phi) is 5.82. The number of hydrogen-bond acceptors (Lipinski definition) is 2. The molecule has 0 aromatic heterocycles. The first kappa shape index (κ1) is 15.2. The van der Waals surface area contributed by atoms with Gasteiger partial charge in [-0.1, -0.05) is 22.0 Å². The molecular formula is C14H20BrNO2. The van der Waals surface area contributed by atoms with Gasteiger partial charge in [-0.25, -0.2) is 0 Å². The standard InChI is InChI=1S/C14H20BrNO2/c1-10(2)16(7-8-18-4)14(17)13-9-12(15)6-5-11(13)3/h5-6,9-10H,7-8H2,1-4H3. The lowest BCUT2D eigenvalue weighted by molar-refractivity contribution is 0.0634. The van der Waals surface area contributed by atoms with Gasteiger partial charge in [0.2, 0.25) is 0 Å². The Hall–Kier alpha value is -0.870. The summed E-state index contributed by atoms with van der Waals surface area (Å²) in [7, 11) is 1.65. The molecule has 0 bridgehead atoms. The monoisotopic (exact) mass is 313 g/mol. The maximum atomic E-state index is 12.5. The Morgan fingerprint density at radius 3 is 2.67 bits per heavy atom. The molecule has 1 aromatic rings. The third-order valence-corrected chi connectivity index (χ3v) is 3.34. The summed E-state index contributed by atoms with van der Waals surface area (Å²) < 4.78 is 5.98. The van der Waals surface area contributed by atoms with Crippen LogP contribution >= 0.6 is 15.9 Å². The molecule has 18 heavy (non-hydrogen) atoms. The van der Waals surface area contributed by atoms with E-state index in [0.717, 1.165) is 15.6 Å². The van der Waals surface area contributed by atoms with Crippen molar-refractivity contribution in [1.82, 2.24) is 4.90 Å². The molecule has 0 fully saturated rings. The molecule has 0 unspecified atom stereocenters. The SMILES string of the molecule is COCCN(C(=O)c1cc(Br)ccc1C)C(C)C. The van der Waals surface area contributed by atoms with Crippen molar-refractivity contribution in [2.75, 3.05) is 20.3 Å². The molecule has 4 heteroatoms. The second-order valence-corrected chi connectivity index (χ2v) is 5.46. The second kappa shape index (κ2) is 6.90. The summed E-state index contributed by atoms with van der Waals surface area (Å²) in [5, 5.41) is 0. The molecule has 0 aliphatic carbocycles. The first-order valence-electron chi connectivity index (χ1n) is 6.03. The minimum absolute atomic E-state index is 0.0563. The molecule has 0 saturated carbocycles. The van der Waals surface area contributed by atoms with Gasteiger partial charge in [-0.05, 0) is 38.5 Å². The minimum atomic E-state index is 0.0563. The van der Waals surface area contributed by atoms with Crippen molar-refractivity contribution in [1.29, 1.82) is 0 Å².